The van der Waals surface area contributed by atoms with Crippen molar-refractivity contribution in [3.63, 3.8) is 0 Å². The highest BCUT2D eigenvalue weighted by molar-refractivity contribution is 5.79. The van der Waals surface area contributed by atoms with Crippen molar-refractivity contribution in [3.05, 3.63) is 0 Å². The van der Waals surface area contributed by atoms with Crippen LogP contribution in [0.4, 0.5) is 0 Å². The van der Waals surface area contributed by atoms with Gasteiger partial charge in [-0.2, -0.15) is 0 Å². The van der Waals surface area contributed by atoms with Gasteiger partial charge in [0, 0.05) is 50.2 Å². The number of rotatable bonds is 4. The van der Waals surface area contributed by atoms with E-state index in [1.165, 1.54) is 12.8 Å². The number of nitrogens with one attached hydrogen (secondary N) is 1. The van der Waals surface area contributed by atoms with Gasteiger partial charge in [-0.15, -0.1) is 0 Å². The molecule has 164 valence electrons. The third-order valence-corrected chi connectivity index (χ3v) is 7.95. The summed E-state index contributed by atoms with van der Waals surface area (Å²) in [7, 11) is 0. The Labute approximate surface area is 175 Å². The number of likely N-dealkylation sites (tertiary alicyclic amines) is 2. The van der Waals surface area contributed by atoms with Crippen LogP contribution in [0.15, 0.2) is 0 Å². The molecule has 29 heavy (non-hydrogen) atoms. The Kier molecular flexibility index (Phi) is 7.12. The van der Waals surface area contributed by atoms with Gasteiger partial charge in [0.05, 0.1) is 0 Å². The second kappa shape index (κ2) is 9.78. The number of piperidine rings is 2. The summed E-state index contributed by atoms with van der Waals surface area (Å²) < 4.78 is 5.40. The van der Waals surface area contributed by atoms with E-state index in [1.807, 2.05) is 0 Å². The first-order valence-electron chi connectivity index (χ1n) is 12.0. The molecule has 2 amide bonds. The Hall–Kier alpha value is -1.14. The molecule has 0 bridgehead atoms. The van der Waals surface area contributed by atoms with Gasteiger partial charge in [-0.25, -0.2) is 0 Å². The number of nitrogens with zero attached hydrogens (tertiary/aromatic N) is 2. The van der Waals surface area contributed by atoms with E-state index in [0.717, 1.165) is 84.3 Å². The van der Waals surface area contributed by atoms with Crippen LogP contribution in [0, 0.1) is 17.8 Å². The number of hydrogen-bond acceptors (Lipinski definition) is 4. The van der Waals surface area contributed by atoms with Crippen LogP contribution < -0.4 is 5.32 Å². The summed E-state index contributed by atoms with van der Waals surface area (Å²) in [6, 6.07) is 0.978. The number of carbonyl (C=O) groups is 2. The fourth-order valence-electron chi connectivity index (χ4n) is 5.84. The molecule has 1 saturated carbocycles. The molecule has 3 heterocycles. The first kappa shape index (κ1) is 21.1. The lowest BCUT2D eigenvalue weighted by molar-refractivity contribution is -0.140. The molecule has 0 spiro atoms. The van der Waals surface area contributed by atoms with Crippen molar-refractivity contribution in [2.24, 2.45) is 17.8 Å². The van der Waals surface area contributed by atoms with Crippen molar-refractivity contribution in [2.75, 3.05) is 39.4 Å². The van der Waals surface area contributed by atoms with Crippen molar-refractivity contribution in [1.29, 1.82) is 0 Å². The standard InChI is InChI=1S/C23H39N3O3/c1-17-3-2-4-21(17)24-22(27)18-5-11-25(12-6-18)20-7-13-26(14-8-20)23(28)19-9-15-29-16-10-19/h17-21H,2-16H2,1H3,(H,24,27)/t17-,21+/m0/s1. The van der Waals surface area contributed by atoms with Gasteiger partial charge in [-0.3, -0.25) is 9.59 Å². The average molecular weight is 406 g/mol. The second-order valence-electron chi connectivity index (χ2n) is 9.78. The average Bonchev–Trinajstić information content (AvgIpc) is 3.18. The minimum absolute atomic E-state index is 0.178. The van der Waals surface area contributed by atoms with Crippen molar-refractivity contribution in [2.45, 2.75) is 76.8 Å². The van der Waals surface area contributed by atoms with E-state index in [9.17, 15) is 9.59 Å². The van der Waals surface area contributed by atoms with Crippen molar-refractivity contribution < 1.29 is 14.3 Å². The van der Waals surface area contributed by atoms with Crippen LogP contribution in [0.25, 0.3) is 0 Å². The Balaban J connectivity index is 1.18. The molecule has 3 saturated heterocycles. The highest BCUT2D eigenvalue weighted by Gasteiger charge is 2.34. The van der Waals surface area contributed by atoms with E-state index in [4.69, 9.17) is 4.74 Å². The van der Waals surface area contributed by atoms with Gasteiger partial charge >= 0.3 is 0 Å². The van der Waals surface area contributed by atoms with E-state index in [1.54, 1.807) is 0 Å². The van der Waals surface area contributed by atoms with Crippen LogP contribution >= 0.6 is 0 Å². The van der Waals surface area contributed by atoms with Crippen LogP contribution in [0.3, 0.4) is 0 Å². The van der Waals surface area contributed by atoms with E-state index in [2.05, 4.69) is 22.0 Å². The molecule has 0 unspecified atom stereocenters. The van der Waals surface area contributed by atoms with Crippen LogP contribution in [-0.2, 0) is 14.3 Å². The summed E-state index contributed by atoms with van der Waals surface area (Å²) in [5.41, 5.74) is 0. The lowest BCUT2D eigenvalue weighted by Crippen LogP contribution is -2.51. The van der Waals surface area contributed by atoms with Crippen LogP contribution in [0.2, 0.25) is 0 Å². The lowest BCUT2D eigenvalue weighted by atomic mass is 9.91. The third kappa shape index (κ3) is 5.13. The van der Waals surface area contributed by atoms with Crippen molar-refractivity contribution in [3.8, 4) is 0 Å². The first-order chi connectivity index (χ1) is 14.1. The zero-order chi connectivity index (χ0) is 20.2. The van der Waals surface area contributed by atoms with Gasteiger partial charge in [0.1, 0.15) is 0 Å². The minimum Gasteiger partial charge on any atom is -0.381 e. The fraction of sp³-hybridized carbons (Fsp3) is 0.913. The summed E-state index contributed by atoms with van der Waals surface area (Å²) in [6.07, 6.45) is 9.53. The SMILES string of the molecule is C[C@H]1CCC[C@H]1NC(=O)C1CCN(C2CCN(C(=O)C3CCOCC3)CC2)CC1. The molecule has 1 N–H and O–H groups in total. The number of ether oxygens (including phenoxy) is 1. The van der Waals surface area contributed by atoms with Gasteiger partial charge < -0.3 is 19.9 Å². The van der Waals surface area contributed by atoms with E-state index < -0.39 is 0 Å². The molecule has 4 fully saturated rings. The zero-order valence-corrected chi connectivity index (χ0v) is 18.1. The van der Waals surface area contributed by atoms with Crippen LogP contribution in [0.1, 0.15) is 64.7 Å². The predicted octanol–water partition coefficient (Wildman–Crippen LogP) is 2.42. The van der Waals surface area contributed by atoms with Crippen molar-refractivity contribution in [1.82, 2.24) is 15.1 Å². The summed E-state index contributed by atoms with van der Waals surface area (Å²) >= 11 is 0. The molecule has 2 atom stereocenters. The molecule has 1 aliphatic carbocycles. The van der Waals surface area contributed by atoms with Crippen molar-refractivity contribution >= 4 is 11.8 Å². The van der Waals surface area contributed by atoms with E-state index in [0.29, 0.717) is 29.8 Å². The molecule has 6 heteroatoms. The Morgan fingerprint density at radius 3 is 2.14 bits per heavy atom. The predicted molar refractivity (Wildman–Crippen MR) is 112 cm³/mol. The Morgan fingerprint density at radius 2 is 1.52 bits per heavy atom. The number of carbonyl (C=O) groups excluding carboxylic acids is 2. The number of amides is 2. The van der Waals surface area contributed by atoms with Crippen LogP contribution in [-0.4, -0.2) is 73.1 Å². The summed E-state index contributed by atoms with van der Waals surface area (Å²) in [5, 5.41) is 3.33. The summed E-state index contributed by atoms with van der Waals surface area (Å²) in [5.74, 6) is 1.64. The molecular formula is C23H39N3O3. The van der Waals surface area contributed by atoms with E-state index in [-0.39, 0.29) is 11.8 Å². The molecule has 3 aliphatic heterocycles. The largest absolute Gasteiger partial charge is 0.381 e. The molecule has 0 aromatic heterocycles. The lowest BCUT2D eigenvalue weighted by Gasteiger charge is -2.42. The maximum Gasteiger partial charge on any atom is 0.225 e. The van der Waals surface area contributed by atoms with Gasteiger partial charge in [-0.05, 0) is 70.4 Å². The minimum atomic E-state index is 0.178. The molecule has 0 aromatic rings. The van der Waals surface area contributed by atoms with Crippen LogP contribution in [0.5, 0.6) is 0 Å². The highest BCUT2D eigenvalue weighted by atomic mass is 16.5. The molecule has 6 nitrogen and oxygen atoms in total. The molecule has 0 aromatic carbocycles. The molecule has 4 rings (SSSR count). The third-order valence-electron chi connectivity index (χ3n) is 7.95. The summed E-state index contributed by atoms with van der Waals surface area (Å²) in [6.45, 7) is 7.55. The highest BCUT2D eigenvalue weighted by Crippen LogP contribution is 2.28. The van der Waals surface area contributed by atoms with E-state index >= 15 is 0 Å². The molecule has 4 aliphatic rings. The Morgan fingerprint density at radius 1 is 0.828 bits per heavy atom. The van der Waals surface area contributed by atoms with Gasteiger partial charge in [0.15, 0.2) is 0 Å². The fourth-order valence-corrected chi connectivity index (χ4v) is 5.84. The Bertz CT molecular complexity index is 562. The topological polar surface area (TPSA) is 61.9 Å². The quantitative estimate of drug-likeness (QED) is 0.780. The monoisotopic (exact) mass is 405 g/mol. The maximum absolute atomic E-state index is 12.7. The maximum atomic E-state index is 12.7. The summed E-state index contributed by atoms with van der Waals surface area (Å²) in [4.78, 5) is 30.1. The zero-order valence-electron chi connectivity index (χ0n) is 18.1. The molecular weight excluding hydrogens is 366 g/mol. The van der Waals surface area contributed by atoms with Gasteiger partial charge in [0.25, 0.3) is 0 Å². The number of hydrogen-bond donors (Lipinski definition) is 1. The smallest absolute Gasteiger partial charge is 0.225 e. The normalized spacial score (nSPS) is 31.1. The molecule has 0 radical (unpaired) electrons. The van der Waals surface area contributed by atoms with Gasteiger partial charge in [0.2, 0.25) is 11.8 Å². The van der Waals surface area contributed by atoms with Gasteiger partial charge in [-0.1, -0.05) is 13.3 Å². The first-order valence-corrected chi connectivity index (χ1v) is 12.0. The second-order valence-corrected chi connectivity index (χ2v) is 9.78.